The number of pyridine rings is 1. The minimum atomic E-state index is -0.750. The molecule has 0 N–H and O–H groups in total. The fourth-order valence-corrected chi connectivity index (χ4v) is 3.48. The largest absolute Gasteiger partial charge is 0.493 e. The van der Waals surface area contributed by atoms with Gasteiger partial charge in [-0.2, -0.15) is 0 Å². The highest BCUT2D eigenvalue weighted by atomic mass is 16.7. The summed E-state index contributed by atoms with van der Waals surface area (Å²) in [4.78, 5) is 41.1. The van der Waals surface area contributed by atoms with Gasteiger partial charge in [-0.1, -0.05) is 38.5 Å². The van der Waals surface area contributed by atoms with E-state index in [-0.39, 0.29) is 29.5 Å². The Morgan fingerprint density at radius 2 is 1.67 bits per heavy atom. The van der Waals surface area contributed by atoms with E-state index in [9.17, 15) is 14.4 Å². The van der Waals surface area contributed by atoms with Crippen LogP contribution in [0.5, 0.6) is 17.2 Å². The van der Waals surface area contributed by atoms with Crippen LogP contribution in [0.4, 0.5) is 0 Å². The molecule has 196 valence electrons. The van der Waals surface area contributed by atoms with Crippen molar-refractivity contribution in [1.29, 1.82) is 0 Å². The van der Waals surface area contributed by atoms with Crippen molar-refractivity contribution >= 4 is 17.7 Å². The van der Waals surface area contributed by atoms with E-state index in [1.807, 2.05) is 52.0 Å². The zero-order valence-corrected chi connectivity index (χ0v) is 21.9. The monoisotopic (exact) mass is 501 g/mol. The average molecular weight is 502 g/mol. The maximum Gasteiger partial charge on any atom is 0.309 e. The third-order valence-electron chi connectivity index (χ3n) is 5.43. The van der Waals surface area contributed by atoms with Gasteiger partial charge in [0, 0.05) is 25.6 Å². The highest BCUT2D eigenvalue weighted by Crippen LogP contribution is 2.31. The summed E-state index contributed by atoms with van der Waals surface area (Å²) >= 11 is 0. The molecule has 0 saturated carbocycles. The number of hydrogen-bond acceptors (Lipinski definition) is 9. The summed E-state index contributed by atoms with van der Waals surface area (Å²) < 4.78 is 27.3. The van der Waals surface area contributed by atoms with Crippen LogP contribution in [0.25, 0.3) is 0 Å². The first kappa shape index (κ1) is 28.6. The van der Waals surface area contributed by atoms with Crippen molar-refractivity contribution in [3.05, 3.63) is 47.8 Å². The Kier molecular flexibility index (Phi) is 10.7. The van der Waals surface area contributed by atoms with E-state index in [1.54, 1.807) is 6.92 Å². The molecule has 0 saturated heterocycles. The Morgan fingerprint density at radius 3 is 2.25 bits per heavy atom. The van der Waals surface area contributed by atoms with Crippen LogP contribution in [0.15, 0.2) is 36.5 Å². The van der Waals surface area contributed by atoms with E-state index in [0.717, 1.165) is 5.56 Å². The number of rotatable bonds is 13. The third kappa shape index (κ3) is 8.25. The predicted molar refractivity (Wildman–Crippen MR) is 132 cm³/mol. The number of carbonyl (C=O) groups excluding carboxylic acids is 3. The molecule has 9 nitrogen and oxygen atoms in total. The van der Waals surface area contributed by atoms with Crippen LogP contribution in [-0.2, 0) is 19.1 Å². The van der Waals surface area contributed by atoms with Crippen molar-refractivity contribution in [2.45, 2.75) is 60.2 Å². The van der Waals surface area contributed by atoms with Crippen LogP contribution in [0.1, 0.15) is 57.1 Å². The molecule has 1 aromatic carbocycles. The number of ether oxygens (including phenoxy) is 5. The highest BCUT2D eigenvalue weighted by molar-refractivity contribution is 5.99. The average Bonchev–Trinajstić information content (AvgIpc) is 2.83. The molecule has 2 aromatic rings. The van der Waals surface area contributed by atoms with Gasteiger partial charge >= 0.3 is 11.9 Å². The van der Waals surface area contributed by atoms with Gasteiger partial charge in [0.2, 0.25) is 6.79 Å². The van der Waals surface area contributed by atoms with Gasteiger partial charge in [-0.15, -0.1) is 0 Å². The minimum Gasteiger partial charge on any atom is -0.493 e. The minimum absolute atomic E-state index is 0.0152. The Labute approximate surface area is 212 Å². The number of nitrogens with zero attached hydrogens (tertiary/aromatic N) is 1. The molecular formula is C27H35NO8. The third-order valence-corrected chi connectivity index (χ3v) is 5.43. The summed E-state index contributed by atoms with van der Waals surface area (Å²) in [5.74, 6) is -1.30. The van der Waals surface area contributed by atoms with Crippen LogP contribution in [0, 0.1) is 18.8 Å². The second kappa shape index (κ2) is 13.5. The summed E-state index contributed by atoms with van der Waals surface area (Å²) in [6.07, 6.45) is 0.308. The Morgan fingerprint density at radius 1 is 1.00 bits per heavy atom. The van der Waals surface area contributed by atoms with Crippen molar-refractivity contribution in [3.8, 4) is 17.2 Å². The summed E-state index contributed by atoms with van der Waals surface area (Å²) in [5.41, 5.74) is 1.09. The maximum absolute atomic E-state index is 13.0. The predicted octanol–water partition coefficient (Wildman–Crippen LogP) is 4.54. The van der Waals surface area contributed by atoms with Gasteiger partial charge in [-0.3, -0.25) is 14.4 Å². The number of ketones is 1. The summed E-state index contributed by atoms with van der Waals surface area (Å²) in [7, 11) is 1.41. The molecule has 0 radical (unpaired) electrons. The van der Waals surface area contributed by atoms with Crippen LogP contribution >= 0.6 is 0 Å². The van der Waals surface area contributed by atoms with Crippen molar-refractivity contribution in [1.82, 2.24) is 4.98 Å². The number of esters is 2. The molecule has 0 aliphatic carbocycles. The van der Waals surface area contributed by atoms with Gasteiger partial charge in [-0.05, 0) is 31.9 Å². The SMILES string of the molecule is COc1ccnc(C(=O)C[C@@H](C)C(=O)O[C@H](C(C)C)[C@H](C)Oc2ccc(C)cc2)c1OCOC(C)=O. The number of aromatic nitrogens is 1. The lowest BCUT2D eigenvalue weighted by Crippen LogP contribution is -2.39. The highest BCUT2D eigenvalue weighted by Gasteiger charge is 2.30. The summed E-state index contributed by atoms with van der Waals surface area (Å²) in [6, 6.07) is 9.15. The number of aryl methyl sites for hydroxylation is 1. The number of benzene rings is 1. The van der Waals surface area contributed by atoms with E-state index in [0.29, 0.717) is 5.75 Å². The summed E-state index contributed by atoms with van der Waals surface area (Å²) in [6.45, 7) is 10.2. The molecule has 36 heavy (non-hydrogen) atoms. The first-order chi connectivity index (χ1) is 17.0. The zero-order chi connectivity index (χ0) is 26.8. The molecule has 1 heterocycles. The van der Waals surface area contributed by atoms with E-state index in [1.165, 1.54) is 26.3 Å². The van der Waals surface area contributed by atoms with Crippen molar-refractivity contribution in [3.63, 3.8) is 0 Å². The van der Waals surface area contributed by atoms with Crippen molar-refractivity contribution in [2.24, 2.45) is 11.8 Å². The second-order valence-corrected chi connectivity index (χ2v) is 8.90. The van der Waals surface area contributed by atoms with Gasteiger partial charge in [0.05, 0.1) is 13.0 Å². The quantitative estimate of drug-likeness (QED) is 0.222. The lowest BCUT2D eigenvalue weighted by Gasteiger charge is -2.29. The van der Waals surface area contributed by atoms with Gasteiger partial charge in [0.15, 0.2) is 23.0 Å². The molecule has 1 aromatic heterocycles. The molecule has 0 fully saturated rings. The van der Waals surface area contributed by atoms with E-state index >= 15 is 0 Å². The Bertz CT molecular complexity index is 1030. The lowest BCUT2D eigenvalue weighted by atomic mass is 10.00. The molecule has 0 aliphatic rings. The second-order valence-electron chi connectivity index (χ2n) is 8.90. The number of carbonyl (C=O) groups is 3. The van der Waals surface area contributed by atoms with Gasteiger partial charge in [0.1, 0.15) is 18.0 Å². The molecule has 2 rings (SSSR count). The molecule has 0 aliphatic heterocycles. The Hall–Kier alpha value is -3.62. The molecular weight excluding hydrogens is 466 g/mol. The smallest absolute Gasteiger partial charge is 0.309 e. The van der Waals surface area contributed by atoms with E-state index in [4.69, 9.17) is 23.7 Å². The molecule has 3 atom stereocenters. The summed E-state index contributed by atoms with van der Waals surface area (Å²) in [5, 5.41) is 0. The maximum atomic E-state index is 13.0. The molecule has 0 amide bonds. The molecule has 0 spiro atoms. The first-order valence-electron chi connectivity index (χ1n) is 11.8. The lowest BCUT2D eigenvalue weighted by molar-refractivity contribution is -0.161. The first-order valence-corrected chi connectivity index (χ1v) is 11.8. The molecule has 0 bridgehead atoms. The zero-order valence-electron chi connectivity index (χ0n) is 21.9. The molecule has 0 unspecified atom stereocenters. The Balaban J connectivity index is 2.08. The fourth-order valence-electron chi connectivity index (χ4n) is 3.48. The van der Waals surface area contributed by atoms with E-state index in [2.05, 4.69) is 4.98 Å². The van der Waals surface area contributed by atoms with Gasteiger partial charge < -0.3 is 23.7 Å². The number of hydrogen-bond donors (Lipinski definition) is 0. The van der Waals surface area contributed by atoms with Gasteiger partial charge in [0.25, 0.3) is 0 Å². The van der Waals surface area contributed by atoms with Gasteiger partial charge in [-0.25, -0.2) is 4.98 Å². The van der Waals surface area contributed by atoms with Crippen LogP contribution in [0.2, 0.25) is 0 Å². The fraction of sp³-hybridized carbons (Fsp3) is 0.481. The van der Waals surface area contributed by atoms with E-state index < -0.39 is 42.6 Å². The van der Waals surface area contributed by atoms with Crippen LogP contribution < -0.4 is 14.2 Å². The number of methoxy groups -OCH3 is 1. The van der Waals surface area contributed by atoms with Crippen molar-refractivity contribution < 1.29 is 38.1 Å². The topological polar surface area (TPSA) is 110 Å². The standard InChI is InChI=1S/C27H35NO8/c1-16(2)25(19(5)35-21-10-8-17(3)9-11-21)36-27(31)18(4)14-22(30)24-26(34-15-33-20(6)29)23(32-7)12-13-28-24/h8-13,16,18-19,25H,14-15H2,1-7H3/t18-,19+,25-/m1/s1. The molecule has 9 heteroatoms. The van der Waals surface area contributed by atoms with Crippen LogP contribution in [-0.4, -0.2) is 48.8 Å². The number of Topliss-reactive ketones (excluding diaryl/α,β-unsaturated/α-hetero) is 1. The van der Waals surface area contributed by atoms with Crippen molar-refractivity contribution in [2.75, 3.05) is 13.9 Å². The normalized spacial score (nSPS) is 13.3. The van der Waals surface area contributed by atoms with Crippen LogP contribution in [0.3, 0.4) is 0 Å².